The van der Waals surface area contributed by atoms with E-state index in [1.54, 1.807) is 17.0 Å². The lowest BCUT2D eigenvalue weighted by Gasteiger charge is -2.35. The third-order valence-corrected chi connectivity index (χ3v) is 5.82. The standard InChI is InChI=1S/C23H22F3N3O4/c24-23(25,26)16-6-3-13(4-7-16)18(30)12-27-21(32)22(33)28-17-10-14-2-1-9-29-19(31)8-5-15(11-17)20(14)29/h3-4,6-7,10-11,18,30H,1-2,5,8-9,12H2,(H,27,32)(H,28,33). The molecular formula is C23H22F3N3O4. The van der Waals surface area contributed by atoms with Gasteiger partial charge in [-0.2, -0.15) is 13.2 Å². The summed E-state index contributed by atoms with van der Waals surface area (Å²) in [6.45, 7) is 0.332. The normalized spacial score (nSPS) is 16.1. The van der Waals surface area contributed by atoms with Crippen molar-refractivity contribution >= 4 is 29.1 Å². The van der Waals surface area contributed by atoms with Crippen molar-refractivity contribution in [1.29, 1.82) is 0 Å². The van der Waals surface area contributed by atoms with E-state index in [-0.39, 0.29) is 18.0 Å². The zero-order valence-electron chi connectivity index (χ0n) is 17.5. The Balaban J connectivity index is 1.36. The van der Waals surface area contributed by atoms with Crippen molar-refractivity contribution < 1.29 is 32.7 Å². The Labute approximate surface area is 187 Å². The summed E-state index contributed by atoms with van der Waals surface area (Å²) in [7, 11) is 0. The Morgan fingerprint density at radius 2 is 1.70 bits per heavy atom. The number of carbonyl (C=O) groups is 3. The van der Waals surface area contributed by atoms with Gasteiger partial charge in [-0.1, -0.05) is 12.1 Å². The molecule has 1 atom stereocenters. The fraction of sp³-hybridized carbons (Fsp3) is 0.348. The third-order valence-electron chi connectivity index (χ3n) is 5.82. The fourth-order valence-corrected chi connectivity index (χ4v) is 4.20. The summed E-state index contributed by atoms with van der Waals surface area (Å²) in [5.74, 6) is -1.82. The van der Waals surface area contributed by atoms with Gasteiger partial charge in [0.15, 0.2) is 0 Å². The summed E-state index contributed by atoms with van der Waals surface area (Å²) in [4.78, 5) is 38.4. The average molecular weight is 461 g/mol. The molecule has 1 unspecified atom stereocenters. The highest BCUT2D eigenvalue weighted by Crippen LogP contribution is 2.38. The van der Waals surface area contributed by atoms with Gasteiger partial charge in [0.2, 0.25) is 5.91 Å². The van der Waals surface area contributed by atoms with Crippen LogP contribution in [0.2, 0.25) is 0 Å². The molecule has 33 heavy (non-hydrogen) atoms. The number of benzene rings is 2. The summed E-state index contributed by atoms with van der Waals surface area (Å²) < 4.78 is 37.9. The predicted molar refractivity (Wildman–Crippen MR) is 113 cm³/mol. The molecule has 4 rings (SSSR count). The highest BCUT2D eigenvalue weighted by atomic mass is 19.4. The van der Waals surface area contributed by atoms with E-state index in [1.165, 1.54) is 0 Å². The first-order valence-electron chi connectivity index (χ1n) is 10.5. The number of aliphatic hydroxyl groups excluding tert-OH is 1. The molecule has 0 saturated carbocycles. The number of nitrogens with one attached hydrogen (secondary N) is 2. The molecule has 2 heterocycles. The number of nitrogens with zero attached hydrogens (tertiary/aromatic N) is 1. The number of hydrogen-bond acceptors (Lipinski definition) is 4. The topological polar surface area (TPSA) is 98.7 Å². The second kappa shape index (κ2) is 8.86. The molecule has 0 bridgehead atoms. The second-order valence-corrected chi connectivity index (χ2v) is 8.09. The van der Waals surface area contributed by atoms with E-state index >= 15 is 0 Å². The first-order chi connectivity index (χ1) is 15.6. The van der Waals surface area contributed by atoms with Crippen LogP contribution in [0.4, 0.5) is 24.5 Å². The third kappa shape index (κ3) is 4.85. The number of anilines is 2. The van der Waals surface area contributed by atoms with Crippen LogP contribution in [0.25, 0.3) is 0 Å². The maximum absolute atomic E-state index is 12.6. The quantitative estimate of drug-likeness (QED) is 0.610. The molecule has 0 aliphatic carbocycles. The van der Waals surface area contributed by atoms with Crippen molar-refractivity contribution in [2.45, 2.75) is 38.0 Å². The summed E-state index contributed by atoms with van der Waals surface area (Å²) in [6.07, 6.45) is -3.22. The Kier molecular flexibility index (Phi) is 6.11. The first kappa shape index (κ1) is 22.8. The van der Waals surface area contributed by atoms with Crippen LogP contribution in [0.5, 0.6) is 0 Å². The van der Waals surface area contributed by atoms with E-state index in [2.05, 4.69) is 10.6 Å². The van der Waals surface area contributed by atoms with Crippen molar-refractivity contribution in [3.05, 3.63) is 58.7 Å². The number of amides is 3. The van der Waals surface area contributed by atoms with Crippen molar-refractivity contribution in [3.8, 4) is 0 Å². The zero-order chi connectivity index (χ0) is 23.8. The molecule has 2 aromatic rings. The van der Waals surface area contributed by atoms with Gasteiger partial charge in [-0.3, -0.25) is 14.4 Å². The van der Waals surface area contributed by atoms with E-state index in [9.17, 15) is 32.7 Å². The number of alkyl halides is 3. The maximum atomic E-state index is 12.6. The number of rotatable bonds is 4. The van der Waals surface area contributed by atoms with Gasteiger partial charge in [-0.15, -0.1) is 0 Å². The van der Waals surface area contributed by atoms with E-state index in [1.807, 2.05) is 0 Å². The van der Waals surface area contributed by atoms with E-state index in [0.717, 1.165) is 53.9 Å². The summed E-state index contributed by atoms with van der Waals surface area (Å²) >= 11 is 0. The Bertz CT molecular complexity index is 1080. The summed E-state index contributed by atoms with van der Waals surface area (Å²) in [5, 5.41) is 15.0. The maximum Gasteiger partial charge on any atom is 0.416 e. The number of aryl methyl sites for hydroxylation is 2. The zero-order valence-corrected chi connectivity index (χ0v) is 17.5. The molecule has 3 amide bonds. The number of carbonyl (C=O) groups excluding carboxylic acids is 3. The van der Waals surface area contributed by atoms with Gasteiger partial charge in [0, 0.05) is 25.2 Å². The van der Waals surface area contributed by atoms with Gasteiger partial charge in [0.1, 0.15) is 0 Å². The lowest BCUT2D eigenvalue weighted by atomic mass is 9.91. The lowest BCUT2D eigenvalue weighted by molar-refractivity contribution is -0.137. The average Bonchev–Trinajstić information content (AvgIpc) is 2.79. The molecule has 2 aromatic carbocycles. The number of halogens is 3. The highest BCUT2D eigenvalue weighted by molar-refractivity contribution is 6.39. The minimum absolute atomic E-state index is 0.0891. The van der Waals surface area contributed by atoms with Gasteiger partial charge >= 0.3 is 18.0 Å². The van der Waals surface area contributed by atoms with E-state index in [4.69, 9.17) is 0 Å². The van der Waals surface area contributed by atoms with Gasteiger partial charge in [0.25, 0.3) is 0 Å². The SMILES string of the molecule is O=C(NCC(O)c1ccc(C(F)(F)F)cc1)C(=O)Nc1cc2c3c(c1)CCC(=O)N3CCC2. The van der Waals surface area contributed by atoms with Crippen LogP contribution < -0.4 is 15.5 Å². The molecule has 7 nitrogen and oxygen atoms in total. The molecule has 10 heteroatoms. The van der Waals surface area contributed by atoms with Crippen molar-refractivity contribution in [3.63, 3.8) is 0 Å². The number of aliphatic hydroxyl groups is 1. The Morgan fingerprint density at radius 3 is 2.36 bits per heavy atom. The first-order valence-corrected chi connectivity index (χ1v) is 10.5. The van der Waals surface area contributed by atoms with Crippen LogP contribution in [0.3, 0.4) is 0 Å². The monoisotopic (exact) mass is 461 g/mol. The predicted octanol–water partition coefficient (Wildman–Crippen LogP) is 2.72. The molecule has 0 saturated heterocycles. The highest BCUT2D eigenvalue weighted by Gasteiger charge is 2.31. The molecule has 2 aliphatic heterocycles. The largest absolute Gasteiger partial charge is 0.416 e. The minimum atomic E-state index is -4.49. The summed E-state index contributed by atoms with van der Waals surface area (Å²) in [5.41, 5.74) is 2.57. The van der Waals surface area contributed by atoms with Gasteiger partial charge < -0.3 is 20.6 Å². The van der Waals surface area contributed by atoms with E-state index < -0.39 is 29.7 Å². The summed E-state index contributed by atoms with van der Waals surface area (Å²) in [6, 6.07) is 7.42. The van der Waals surface area contributed by atoms with Crippen molar-refractivity contribution in [2.75, 3.05) is 23.3 Å². The Morgan fingerprint density at radius 1 is 1.03 bits per heavy atom. The molecule has 0 spiro atoms. The molecular weight excluding hydrogens is 439 g/mol. The smallest absolute Gasteiger partial charge is 0.387 e. The fourth-order valence-electron chi connectivity index (χ4n) is 4.20. The van der Waals surface area contributed by atoms with Gasteiger partial charge in [-0.05, 0) is 60.2 Å². The second-order valence-electron chi connectivity index (χ2n) is 8.09. The number of hydrogen-bond donors (Lipinski definition) is 3. The molecule has 3 N–H and O–H groups in total. The Hall–Kier alpha value is -3.40. The molecule has 0 fully saturated rings. The molecule has 0 aromatic heterocycles. The lowest BCUT2D eigenvalue weighted by Crippen LogP contribution is -2.39. The van der Waals surface area contributed by atoms with Gasteiger partial charge in [-0.25, -0.2) is 0 Å². The van der Waals surface area contributed by atoms with Crippen LogP contribution >= 0.6 is 0 Å². The molecule has 2 aliphatic rings. The minimum Gasteiger partial charge on any atom is -0.387 e. The van der Waals surface area contributed by atoms with Crippen LogP contribution in [0.15, 0.2) is 36.4 Å². The van der Waals surface area contributed by atoms with Crippen molar-refractivity contribution in [2.24, 2.45) is 0 Å². The van der Waals surface area contributed by atoms with Crippen LogP contribution in [0, 0.1) is 0 Å². The van der Waals surface area contributed by atoms with Gasteiger partial charge in [0.05, 0.1) is 17.4 Å². The molecule has 0 radical (unpaired) electrons. The van der Waals surface area contributed by atoms with Crippen molar-refractivity contribution in [1.82, 2.24) is 5.32 Å². The van der Waals surface area contributed by atoms with Crippen LogP contribution in [0.1, 0.15) is 41.2 Å². The van der Waals surface area contributed by atoms with Crippen LogP contribution in [-0.2, 0) is 33.4 Å². The van der Waals surface area contributed by atoms with Crippen LogP contribution in [-0.4, -0.2) is 35.9 Å². The van der Waals surface area contributed by atoms with E-state index in [0.29, 0.717) is 25.1 Å². The molecule has 174 valence electrons.